The number of rotatable bonds is 2. The van der Waals surface area contributed by atoms with Gasteiger partial charge in [-0.05, 0) is 30.9 Å². The van der Waals surface area contributed by atoms with Crippen molar-refractivity contribution < 1.29 is 0 Å². The van der Waals surface area contributed by atoms with Gasteiger partial charge in [0.15, 0.2) is 0 Å². The molecule has 0 aromatic heterocycles. The average Bonchev–Trinajstić information content (AvgIpc) is 2.03. The first-order valence-corrected chi connectivity index (χ1v) is 5.08. The first-order chi connectivity index (χ1) is 5.91. The second-order valence-corrected chi connectivity index (χ2v) is 5.20. The van der Waals surface area contributed by atoms with E-state index in [1.54, 1.807) is 0 Å². The molecule has 0 amide bonds. The predicted octanol–water partition coefficient (Wildman–Crippen LogP) is 4.28. The van der Waals surface area contributed by atoms with Crippen LogP contribution >= 0.6 is 11.6 Å². The third-order valence-corrected chi connectivity index (χ3v) is 2.46. The Morgan fingerprint density at radius 3 is 2.31 bits per heavy atom. The van der Waals surface area contributed by atoms with Crippen LogP contribution in [-0.2, 0) is 4.87 Å². The van der Waals surface area contributed by atoms with E-state index in [2.05, 4.69) is 38.1 Å². The third kappa shape index (κ3) is 2.73. The number of alkyl halides is 1. The van der Waals surface area contributed by atoms with Gasteiger partial charge in [0.05, 0.1) is 4.87 Å². The van der Waals surface area contributed by atoms with Crippen LogP contribution in [0.4, 0.5) is 0 Å². The molecule has 0 bridgehead atoms. The second kappa shape index (κ2) is 3.71. The van der Waals surface area contributed by atoms with Crippen LogP contribution in [0.2, 0.25) is 0 Å². The van der Waals surface area contributed by atoms with Crippen LogP contribution in [0.5, 0.6) is 0 Å². The molecule has 0 N–H and O–H groups in total. The molecule has 13 heavy (non-hydrogen) atoms. The molecule has 0 heterocycles. The molecule has 1 aromatic carbocycles. The summed E-state index contributed by atoms with van der Waals surface area (Å²) in [5.74, 6) is 0.568. The molecule has 0 unspecified atom stereocenters. The summed E-state index contributed by atoms with van der Waals surface area (Å²) in [6.45, 7) is 8.43. The highest BCUT2D eigenvalue weighted by Crippen LogP contribution is 2.29. The highest BCUT2D eigenvalue weighted by atomic mass is 35.5. The summed E-state index contributed by atoms with van der Waals surface area (Å²) in [5, 5.41) is 0. The van der Waals surface area contributed by atoms with Crippen molar-refractivity contribution in [2.75, 3.05) is 0 Å². The largest absolute Gasteiger partial charge is 0.115 e. The second-order valence-electron chi connectivity index (χ2n) is 4.25. The van der Waals surface area contributed by atoms with E-state index < -0.39 is 0 Å². The smallest absolute Gasteiger partial charge is 0.0638 e. The lowest BCUT2D eigenvalue weighted by Crippen LogP contribution is -2.07. The molecule has 1 rings (SSSR count). The Morgan fingerprint density at radius 2 is 1.85 bits per heavy atom. The molecular weight excluding hydrogens is 180 g/mol. The topological polar surface area (TPSA) is 0 Å². The first kappa shape index (κ1) is 10.6. The van der Waals surface area contributed by atoms with Crippen molar-refractivity contribution in [2.45, 2.75) is 38.5 Å². The molecule has 0 nitrogen and oxygen atoms in total. The summed E-state index contributed by atoms with van der Waals surface area (Å²) in [6.07, 6.45) is 0. The van der Waals surface area contributed by atoms with Crippen LogP contribution in [0, 0.1) is 0 Å². The number of hydrogen-bond acceptors (Lipinski definition) is 0. The minimum atomic E-state index is -0.259. The maximum Gasteiger partial charge on any atom is 0.0638 e. The molecule has 0 radical (unpaired) electrons. The van der Waals surface area contributed by atoms with Gasteiger partial charge in [0, 0.05) is 0 Å². The van der Waals surface area contributed by atoms with Gasteiger partial charge in [0.25, 0.3) is 0 Å². The fraction of sp³-hybridized carbons (Fsp3) is 0.500. The summed E-state index contributed by atoms with van der Waals surface area (Å²) >= 11 is 6.24. The molecule has 0 saturated heterocycles. The van der Waals surface area contributed by atoms with Gasteiger partial charge in [-0.1, -0.05) is 38.1 Å². The van der Waals surface area contributed by atoms with Gasteiger partial charge in [-0.3, -0.25) is 0 Å². The van der Waals surface area contributed by atoms with E-state index in [-0.39, 0.29) is 4.87 Å². The lowest BCUT2D eigenvalue weighted by molar-refractivity contribution is 0.758. The van der Waals surface area contributed by atoms with Crippen LogP contribution < -0.4 is 0 Å². The maximum atomic E-state index is 6.24. The van der Waals surface area contributed by atoms with Gasteiger partial charge in [0.1, 0.15) is 0 Å². The van der Waals surface area contributed by atoms with Crippen molar-refractivity contribution in [1.82, 2.24) is 0 Å². The van der Waals surface area contributed by atoms with Crippen molar-refractivity contribution in [3.8, 4) is 0 Å². The number of hydrogen-bond donors (Lipinski definition) is 0. The molecule has 0 aliphatic heterocycles. The van der Waals surface area contributed by atoms with Crippen LogP contribution in [0.1, 0.15) is 44.7 Å². The predicted molar refractivity (Wildman–Crippen MR) is 59.4 cm³/mol. The summed E-state index contributed by atoms with van der Waals surface area (Å²) in [4.78, 5) is -0.259. The molecule has 1 aromatic rings. The average molecular weight is 197 g/mol. The van der Waals surface area contributed by atoms with Crippen LogP contribution in [0.15, 0.2) is 24.3 Å². The van der Waals surface area contributed by atoms with E-state index in [1.807, 2.05) is 13.8 Å². The van der Waals surface area contributed by atoms with E-state index >= 15 is 0 Å². The molecule has 0 aliphatic carbocycles. The Labute approximate surface area is 85.9 Å². The van der Waals surface area contributed by atoms with Crippen LogP contribution in [0.3, 0.4) is 0 Å². The molecule has 0 atom stereocenters. The fourth-order valence-electron chi connectivity index (χ4n) is 1.27. The first-order valence-electron chi connectivity index (χ1n) is 4.70. The molecule has 0 saturated carbocycles. The molecular formula is C12H17Cl. The standard InChI is InChI=1S/C12H17Cl/c1-9(2)10-6-5-7-11(8-10)12(3,4)13/h5-9H,1-4H3. The van der Waals surface area contributed by atoms with Gasteiger partial charge in [-0.25, -0.2) is 0 Å². The molecule has 72 valence electrons. The van der Waals surface area contributed by atoms with Gasteiger partial charge in [-0.2, -0.15) is 0 Å². The van der Waals surface area contributed by atoms with Gasteiger partial charge in [-0.15, -0.1) is 11.6 Å². The Kier molecular flexibility index (Phi) is 3.02. The Balaban J connectivity index is 3.06. The van der Waals surface area contributed by atoms with E-state index in [0.29, 0.717) is 5.92 Å². The van der Waals surface area contributed by atoms with E-state index in [0.717, 1.165) is 0 Å². The van der Waals surface area contributed by atoms with Crippen molar-refractivity contribution >= 4 is 11.6 Å². The minimum Gasteiger partial charge on any atom is -0.115 e. The lowest BCUT2D eigenvalue weighted by Gasteiger charge is -2.18. The number of benzene rings is 1. The summed E-state index contributed by atoms with van der Waals surface area (Å²) < 4.78 is 0. The van der Waals surface area contributed by atoms with Crippen LogP contribution in [-0.4, -0.2) is 0 Å². The fourth-order valence-corrected chi connectivity index (χ4v) is 1.39. The highest BCUT2D eigenvalue weighted by molar-refractivity contribution is 6.23. The van der Waals surface area contributed by atoms with Crippen molar-refractivity contribution in [3.05, 3.63) is 35.4 Å². The Hall–Kier alpha value is -0.490. The highest BCUT2D eigenvalue weighted by Gasteiger charge is 2.16. The monoisotopic (exact) mass is 196 g/mol. The molecule has 0 aliphatic rings. The van der Waals surface area contributed by atoms with Crippen molar-refractivity contribution in [2.24, 2.45) is 0 Å². The summed E-state index contributed by atoms with van der Waals surface area (Å²) in [6, 6.07) is 8.50. The van der Waals surface area contributed by atoms with Crippen LogP contribution in [0.25, 0.3) is 0 Å². The quantitative estimate of drug-likeness (QED) is 0.620. The Morgan fingerprint density at radius 1 is 1.23 bits per heavy atom. The molecule has 0 fully saturated rings. The zero-order valence-electron chi connectivity index (χ0n) is 8.76. The minimum absolute atomic E-state index is 0.259. The zero-order valence-corrected chi connectivity index (χ0v) is 9.52. The Bertz CT molecular complexity index is 281. The molecule has 1 heteroatoms. The zero-order chi connectivity index (χ0) is 10.1. The van der Waals surface area contributed by atoms with Gasteiger partial charge in [0.2, 0.25) is 0 Å². The third-order valence-electron chi connectivity index (χ3n) is 2.24. The van der Waals surface area contributed by atoms with Gasteiger partial charge >= 0.3 is 0 Å². The maximum absolute atomic E-state index is 6.24. The SMILES string of the molecule is CC(C)c1cccc(C(C)(C)Cl)c1. The summed E-state index contributed by atoms with van der Waals surface area (Å²) in [7, 11) is 0. The van der Waals surface area contributed by atoms with E-state index in [1.165, 1.54) is 11.1 Å². The molecule has 0 spiro atoms. The normalized spacial score (nSPS) is 12.2. The van der Waals surface area contributed by atoms with Gasteiger partial charge < -0.3 is 0 Å². The van der Waals surface area contributed by atoms with Crippen molar-refractivity contribution in [3.63, 3.8) is 0 Å². The number of halogens is 1. The van der Waals surface area contributed by atoms with E-state index in [4.69, 9.17) is 11.6 Å². The summed E-state index contributed by atoms with van der Waals surface area (Å²) in [5.41, 5.74) is 2.55. The van der Waals surface area contributed by atoms with Crippen molar-refractivity contribution in [1.29, 1.82) is 0 Å². The lowest BCUT2D eigenvalue weighted by atomic mass is 9.95. The van der Waals surface area contributed by atoms with E-state index in [9.17, 15) is 0 Å².